The van der Waals surface area contributed by atoms with E-state index in [9.17, 15) is 4.79 Å². The summed E-state index contributed by atoms with van der Waals surface area (Å²) in [5, 5.41) is 3.57. The van der Waals surface area contributed by atoms with E-state index in [-0.39, 0.29) is 5.91 Å². The summed E-state index contributed by atoms with van der Waals surface area (Å²) < 4.78 is 7.90. The number of piperidine rings is 1. The molecular formula is C12H18N4OS. The van der Waals surface area contributed by atoms with Crippen molar-refractivity contribution in [1.82, 2.24) is 19.0 Å². The van der Waals surface area contributed by atoms with Gasteiger partial charge in [-0.05, 0) is 38.1 Å². The van der Waals surface area contributed by atoms with Gasteiger partial charge in [0.1, 0.15) is 0 Å². The van der Waals surface area contributed by atoms with Crippen LogP contribution in [0.3, 0.4) is 0 Å². The second kappa shape index (κ2) is 5.32. The van der Waals surface area contributed by atoms with Crippen molar-refractivity contribution in [3.05, 3.63) is 11.9 Å². The summed E-state index contributed by atoms with van der Waals surface area (Å²) in [5.74, 6) is 0.784. The summed E-state index contributed by atoms with van der Waals surface area (Å²) in [6.07, 6.45) is 6.39. The van der Waals surface area contributed by atoms with Crippen molar-refractivity contribution in [3.63, 3.8) is 0 Å². The molecule has 18 heavy (non-hydrogen) atoms. The molecule has 3 rings (SSSR count). The van der Waals surface area contributed by atoms with Crippen molar-refractivity contribution in [2.75, 3.05) is 19.6 Å². The van der Waals surface area contributed by atoms with Gasteiger partial charge in [-0.2, -0.15) is 8.75 Å². The third-order valence-electron chi connectivity index (χ3n) is 4.07. The van der Waals surface area contributed by atoms with Gasteiger partial charge in [-0.15, -0.1) is 0 Å². The van der Waals surface area contributed by atoms with Gasteiger partial charge >= 0.3 is 0 Å². The smallest absolute Gasteiger partial charge is 0.275 e. The van der Waals surface area contributed by atoms with E-state index in [4.69, 9.17) is 0 Å². The maximum absolute atomic E-state index is 12.1. The Kier molecular flexibility index (Phi) is 3.56. The molecule has 0 bridgehead atoms. The molecule has 3 heterocycles. The van der Waals surface area contributed by atoms with Crippen molar-refractivity contribution in [2.45, 2.75) is 31.7 Å². The number of aromatic nitrogens is 2. The van der Waals surface area contributed by atoms with E-state index in [1.165, 1.54) is 12.8 Å². The normalized spacial score (nSPS) is 25.6. The predicted molar refractivity (Wildman–Crippen MR) is 69.6 cm³/mol. The fourth-order valence-corrected chi connectivity index (χ4v) is 3.45. The lowest BCUT2D eigenvalue weighted by Gasteiger charge is -2.34. The minimum atomic E-state index is 0.0431. The van der Waals surface area contributed by atoms with Crippen LogP contribution in [0.15, 0.2) is 6.20 Å². The van der Waals surface area contributed by atoms with E-state index >= 15 is 0 Å². The number of nitrogens with one attached hydrogen (secondary N) is 1. The number of hydrogen-bond donors (Lipinski definition) is 1. The van der Waals surface area contributed by atoms with E-state index in [0.717, 1.165) is 50.1 Å². The molecule has 1 N–H and O–H groups in total. The fraction of sp³-hybridized carbons (Fsp3) is 0.750. The highest BCUT2D eigenvalue weighted by Gasteiger charge is 2.30. The summed E-state index contributed by atoms with van der Waals surface area (Å²) in [7, 11) is 0. The first-order valence-corrected chi connectivity index (χ1v) is 7.38. The molecule has 1 unspecified atom stereocenters. The zero-order valence-corrected chi connectivity index (χ0v) is 11.2. The standard InChI is InChI=1S/C12H18N4OS/c17-12(11-8-14-18-15-11)16-6-3-9(4-7-16)10-2-1-5-13-10/h8-10,13H,1-7H2. The van der Waals surface area contributed by atoms with E-state index in [1.807, 2.05) is 4.90 Å². The highest BCUT2D eigenvalue weighted by molar-refractivity contribution is 6.99. The van der Waals surface area contributed by atoms with Crippen molar-refractivity contribution < 1.29 is 4.79 Å². The molecule has 0 radical (unpaired) electrons. The number of nitrogens with zero attached hydrogens (tertiary/aromatic N) is 3. The lowest BCUT2D eigenvalue weighted by atomic mass is 9.88. The minimum absolute atomic E-state index is 0.0431. The van der Waals surface area contributed by atoms with Gasteiger partial charge in [0.25, 0.3) is 5.91 Å². The highest BCUT2D eigenvalue weighted by atomic mass is 32.1. The first-order chi connectivity index (χ1) is 8.84. The molecule has 0 aliphatic carbocycles. The monoisotopic (exact) mass is 266 g/mol. The Morgan fingerprint density at radius 3 is 2.83 bits per heavy atom. The van der Waals surface area contributed by atoms with Crippen LogP contribution < -0.4 is 5.32 Å². The summed E-state index contributed by atoms with van der Waals surface area (Å²) >= 11 is 1.10. The van der Waals surface area contributed by atoms with E-state index in [2.05, 4.69) is 14.1 Å². The van der Waals surface area contributed by atoms with Gasteiger partial charge in [0, 0.05) is 19.1 Å². The Morgan fingerprint density at radius 2 is 2.22 bits per heavy atom. The molecule has 0 aromatic carbocycles. The van der Waals surface area contributed by atoms with Crippen molar-refractivity contribution in [3.8, 4) is 0 Å². The number of carbonyl (C=O) groups is 1. The van der Waals surface area contributed by atoms with Gasteiger partial charge in [0.05, 0.1) is 17.9 Å². The first kappa shape index (κ1) is 12.0. The zero-order valence-electron chi connectivity index (χ0n) is 10.3. The summed E-state index contributed by atoms with van der Waals surface area (Å²) in [5.41, 5.74) is 0.498. The molecule has 2 saturated heterocycles. The third kappa shape index (κ3) is 2.40. The molecule has 2 fully saturated rings. The molecule has 1 aromatic rings. The predicted octanol–water partition coefficient (Wildman–Crippen LogP) is 1.14. The minimum Gasteiger partial charge on any atom is -0.337 e. The number of hydrogen-bond acceptors (Lipinski definition) is 5. The van der Waals surface area contributed by atoms with Crippen LogP contribution in [-0.4, -0.2) is 45.2 Å². The van der Waals surface area contributed by atoms with Crippen LogP contribution in [0.25, 0.3) is 0 Å². The van der Waals surface area contributed by atoms with Crippen LogP contribution in [0.4, 0.5) is 0 Å². The molecule has 0 spiro atoms. The van der Waals surface area contributed by atoms with Gasteiger partial charge in [-0.1, -0.05) is 0 Å². The molecule has 1 amide bonds. The molecular weight excluding hydrogens is 248 g/mol. The quantitative estimate of drug-likeness (QED) is 0.872. The lowest BCUT2D eigenvalue weighted by Crippen LogP contribution is -2.43. The largest absolute Gasteiger partial charge is 0.337 e. The molecule has 6 heteroatoms. The van der Waals surface area contributed by atoms with Crippen molar-refractivity contribution in [1.29, 1.82) is 0 Å². The van der Waals surface area contributed by atoms with E-state index in [1.54, 1.807) is 6.20 Å². The van der Waals surface area contributed by atoms with Gasteiger partial charge in [0.2, 0.25) is 0 Å². The summed E-state index contributed by atoms with van der Waals surface area (Å²) in [6, 6.07) is 0.684. The third-order valence-corrected chi connectivity index (χ3v) is 4.55. The Labute approximate surface area is 111 Å². The molecule has 0 saturated carbocycles. The summed E-state index contributed by atoms with van der Waals surface area (Å²) in [6.45, 7) is 2.88. The number of amides is 1. The number of carbonyl (C=O) groups excluding carboxylic acids is 1. The average Bonchev–Trinajstić information content (AvgIpc) is 3.11. The highest BCUT2D eigenvalue weighted by Crippen LogP contribution is 2.26. The maximum atomic E-state index is 12.1. The first-order valence-electron chi connectivity index (χ1n) is 6.65. The second-order valence-corrected chi connectivity index (χ2v) is 5.68. The lowest BCUT2D eigenvalue weighted by molar-refractivity contribution is 0.0669. The molecule has 98 valence electrons. The van der Waals surface area contributed by atoms with Gasteiger partial charge < -0.3 is 10.2 Å². The van der Waals surface area contributed by atoms with Crippen LogP contribution >= 0.6 is 11.7 Å². The molecule has 2 aliphatic heterocycles. The Balaban J connectivity index is 1.55. The Morgan fingerprint density at radius 1 is 1.39 bits per heavy atom. The van der Waals surface area contributed by atoms with Crippen LogP contribution in [-0.2, 0) is 0 Å². The molecule has 1 aromatic heterocycles. The Bertz CT molecular complexity index is 394. The molecule has 1 atom stereocenters. The maximum Gasteiger partial charge on any atom is 0.275 e. The van der Waals surface area contributed by atoms with Gasteiger partial charge in [-0.25, -0.2) is 0 Å². The zero-order chi connectivity index (χ0) is 12.4. The summed E-state index contributed by atoms with van der Waals surface area (Å²) in [4.78, 5) is 14.0. The van der Waals surface area contributed by atoms with Crippen molar-refractivity contribution in [2.24, 2.45) is 5.92 Å². The van der Waals surface area contributed by atoms with Crippen LogP contribution in [0.5, 0.6) is 0 Å². The number of likely N-dealkylation sites (tertiary alicyclic amines) is 1. The molecule has 2 aliphatic rings. The Hall–Kier alpha value is -1.01. The van der Waals surface area contributed by atoms with Crippen LogP contribution in [0, 0.1) is 5.92 Å². The second-order valence-electron chi connectivity index (χ2n) is 5.13. The van der Waals surface area contributed by atoms with Gasteiger partial charge in [-0.3, -0.25) is 4.79 Å². The topological polar surface area (TPSA) is 58.1 Å². The fourth-order valence-electron chi connectivity index (χ4n) is 3.04. The van der Waals surface area contributed by atoms with Gasteiger partial charge in [0.15, 0.2) is 5.69 Å². The van der Waals surface area contributed by atoms with Crippen LogP contribution in [0.1, 0.15) is 36.2 Å². The van der Waals surface area contributed by atoms with E-state index < -0.39 is 0 Å². The van der Waals surface area contributed by atoms with Crippen molar-refractivity contribution >= 4 is 17.6 Å². The SMILES string of the molecule is O=C(c1cnsn1)N1CCC(C2CCCN2)CC1. The molecule has 5 nitrogen and oxygen atoms in total. The average molecular weight is 266 g/mol. The number of rotatable bonds is 2. The van der Waals surface area contributed by atoms with Crippen LogP contribution in [0.2, 0.25) is 0 Å². The van der Waals surface area contributed by atoms with E-state index in [0.29, 0.717) is 11.7 Å².